The summed E-state index contributed by atoms with van der Waals surface area (Å²) in [6, 6.07) is 84.4. The third-order valence-corrected chi connectivity index (χ3v) is 22.2. The van der Waals surface area contributed by atoms with E-state index in [1.165, 1.54) is 61.3 Å². The molecule has 0 saturated carbocycles. The fraction of sp³-hybridized carbons (Fsp3) is 0.274. The number of benzene rings is 10. The summed E-state index contributed by atoms with van der Waals surface area (Å²) in [6.45, 7) is 28.7. The zero-order chi connectivity index (χ0) is 102. The topological polar surface area (TPSA) is 19.4 Å². The number of hydrogen-bond donors (Lipinski definition) is 0. The predicted molar refractivity (Wildman–Crippen MR) is 519 cm³/mol. The number of nitrogens with zero attached hydrogens (tertiary/aromatic N) is 5. The van der Waals surface area contributed by atoms with Crippen molar-refractivity contribution in [2.75, 3.05) is 0 Å². The first kappa shape index (κ1) is 70.6. The Bertz CT molecular complexity index is 6930. The standard InChI is InChI=1S/2C26H32N.2C22H24N.C21H22N/c1-18-8-11-21(12-9-18)22-13-10-19(2)24(14-22)25-15-23(16-26(4,5)6)20(3)17-27(25)7;1-18-8-10-22(11-9-18)23-16-24(20(3)14-19(23)2)25-15-21(12-13-27(25)7)17-26(4,5)6;1-15-6-9-19(10-7-15)20-11-8-16(2)21(13-20)22-12-17(3)18(4)14-23(22)5;1-15-6-8-19(9-7-15)20-14-21(18(4)13-17(20)3)22-12-16(2)10-11-23(22)5;1-15-5-8-18(9-6-15)19-10-7-17(3)20(14-19)21-13-16(2)11-12-22(21)4/h8-15,17H,16H2,1-7H3;8-16H,17H2,1-7H3;2*6-14H,1-5H3;5-14H,1-4H3/q5*+1/i3D3,16D2;2D3,17D2;4D3;3D3;. The van der Waals surface area contributed by atoms with Crippen LogP contribution in [0.25, 0.3) is 112 Å². The number of pyridine rings is 5. The lowest BCUT2D eigenvalue weighted by Gasteiger charge is -2.19. The first-order valence-electron chi connectivity index (χ1n) is 50.1. The summed E-state index contributed by atoms with van der Waals surface area (Å²) >= 11 is 0. The predicted octanol–water partition coefficient (Wildman–Crippen LogP) is 27.6. The van der Waals surface area contributed by atoms with Crippen molar-refractivity contribution in [3.05, 3.63) is 385 Å². The molecular weight excluding hydrogens is 1480 g/mol. The van der Waals surface area contributed by atoms with Crippen molar-refractivity contribution in [3.8, 4) is 112 Å². The van der Waals surface area contributed by atoms with E-state index >= 15 is 0 Å². The fourth-order valence-corrected chi connectivity index (χ4v) is 15.1. The minimum atomic E-state index is -2.41. The van der Waals surface area contributed by atoms with Gasteiger partial charge in [-0.1, -0.05) is 239 Å². The number of hydrogen-bond acceptors (Lipinski definition) is 0. The summed E-state index contributed by atoms with van der Waals surface area (Å²) in [7, 11) is 9.76. The highest BCUT2D eigenvalue weighted by Gasteiger charge is 2.24. The maximum atomic E-state index is 8.83. The Hall–Kier alpha value is -12.1. The molecular formula is C117H134N5+5. The maximum absolute atomic E-state index is 8.83. The van der Waals surface area contributed by atoms with Crippen LogP contribution in [0.1, 0.15) is 169 Å². The Morgan fingerprint density at radius 3 is 0.861 bits per heavy atom. The van der Waals surface area contributed by atoms with Gasteiger partial charge in [-0.3, -0.25) is 0 Å². The zero-order valence-electron chi connectivity index (χ0n) is 92.3. The molecule has 0 aliphatic carbocycles. The largest absolute Gasteiger partial charge is 0.212 e. The van der Waals surface area contributed by atoms with Gasteiger partial charge in [-0.2, -0.15) is 0 Å². The molecule has 0 aliphatic rings. The van der Waals surface area contributed by atoms with Crippen LogP contribution < -0.4 is 22.8 Å². The average molecular weight is 1630 g/mol. The van der Waals surface area contributed by atoms with Crippen molar-refractivity contribution in [2.45, 2.75) is 172 Å². The third kappa shape index (κ3) is 23.4. The van der Waals surface area contributed by atoms with E-state index in [2.05, 4.69) is 223 Å². The van der Waals surface area contributed by atoms with Gasteiger partial charge in [0.1, 0.15) is 35.2 Å². The van der Waals surface area contributed by atoms with Gasteiger partial charge >= 0.3 is 0 Å². The third-order valence-electron chi connectivity index (χ3n) is 22.2. The van der Waals surface area contributed by atoms with Crippen molar-refractivity contribution in [1.82, 2.24) is 0 Å². The second kappa shape index (κ2) is 39.2. The molecule has 0 bridgehead atoms. The molecule has 5 nitrogen and oxygen atoms in total. The van der Waals surface area contributed by atoms with Gasteiger partial charge in [-0.15, -0.1) is 0 Å². The van der Waals surface area contributed by atoms with E-state index in [0.29, 0.717) is 27.8 Å². The maximum Gasteiger partial charge on any atom is 0.212 e. The first-order chi connectivity index (χ1) is 64.1. The fourth-order valence-electron chi connectivity index (χ4n) is 15.1. The number of rotatable bonds is 12. The normalized spacial score (nSPS) is 13.8. The van der Waals surface area contributed by atoms with E-state index in [1.54, 1.807) is 49.9 Å². The molecule has 15 rings (SSSR count). The SMILES string of the molecule is Cc1ccc(-c2ccc(C)c(-c3cc(C)cc[n+]3C)c2)cc1.[2H]C([2H])([2H])c1c[n+](C)c(-c2cc(-c3ccc(C)cc3)ccc2C)cc1C.[2H]C([2H])([2H])c1c[n+](C)c(-c2cc(-c3ccc(C)cc3)ccc2C)cc1C([2H])([2H])C(C)(C)C.[2H]C([2H])([2H])c1cc(C)c(-c2cc(C([2H])([2H])C(C)(C)C)cc[n+]2C)cc1-c1ccc(C)cc1.[2H]C([2H])([2H])c1cc(C)c(-c2cc(C)cc[n+]2C)cc1-c1ccc(C)cc1. The molecule has 0 fully saturated rings. The smallest absolute Gasteiger partial charge is 0.201 e. The van der Waals surface area contributed by atoms with E-state index in [0.717, 1.165) is 117 Å². The number of aryl methyl sites for hydroxylation is 22. The molecule has 0 atom stereocenters. The molecule has 622 valence electrons. The summed E-state index contributed by atoms with van der Waals surface area (Å²) in [5.41, 5.74) is 35.8. The monoisotopic (exact) mass is 1630 g/mol. The molecule has 0 amide bonds. The van der Waals surface area contributed by atoms with Crippen molar-refractivity contribution in [3.63, 3.8) is 0 Å². The van der Waals surface area contributed by atoms with Crippen LogP contribution in [0.4, 0.5) is 0 Å². The van der Waals surface area contributed by atoms with E-state index in [-0.39, 0.29) is 11.1 Å². The van der Waals surface area contributed by atoms with Crippen LogP contribution in [-0.2, 0) is 48.0 Å². The van der Waals surface area contributed by atoms with Gasteiger partial charge in [0.15, 0.2) is 31.0 Å². The van der Waals surface area contributed by atoms with Gasteiger partial charge in [0.05, 0.1) is 0 Å². The lowest BCUT2D eigenvalue weighted by Crippen LogP contribution is -2.32. The Balaban J connectivity index is 0.000000166. The van der Waals surface area contributed by atoms with E-state index < -0.39 is 51.0 Å². The molecule has 0 saturated heterocycles. The molecule has 0 radical (unpaired) electrons. The van der Waals surface area contributed by atoms with Gasteiger partial charge in [0.2, 0.25) is 28.5 Å². The first-order valence-corrected chi connectivity index (χ1v) is 42.1. The molecule has 10 aromatic carbocycles. The summed E-state index contributed by atoms with van der Waals surface area (Å²) in [6.07, 6.45) is 5.98. The highest BCUT2D eigenvalue weighted by atomic mass is 14.9. The van der Waals surface area contributed by atoms with Crippen LogP contribution in [-0.4, -0.2) is 0 Å². The van der Waals surface area contributed by atoms with E-state index in [4.69, 9.17) is 21.9 Å². The summed E-state index contributed by atoms with van der Waals surface area (Å²) in [5, 5.41) is 0. The summed E-state index contributed by atoms with van der Waals surface area (Å²) in [5.74, 6) is 0. The van der Waals surface area contributed by atoms with Crippen LogP contribution in [0, 0.1) is 128 Å². The van der Waals surface area contributed by atoms with E-state index in [9.17, 15) is 0 Å². The Morgan fingerprint density at radius 2 is 0.516 bits per heavy atom. The molecule has 5 heteroatoms. The van der Waals surface area contributed by atoms with E-state index in [1.807, 2.05) is 197 Å². The molecule has 0 N–H and O–H groups in total. The van der Waals surface area contributed by atoms with Gasteiger partial charge in [-0.05, 0) is 294 Å². The molecule has 5 aromatic heterocycles. The highest BCUT2D eigenvalue weighted by molar-refractivity contribution is 5.80. The van der Waals surface area contributed by atoms with Crippen LogP contribution in [0.3, 0.4) is 0 Å². The second-order valence-corrected chi connectivity index (χ2v) is 35.4. The van der Waals surface area contributed by atoms with Gasteiger partial charge in [0, 0.05) is 109 Å². The van der Waals surface area contributed by atoms with Gasteiger partial charge < -0.3 is 0 Å². The molecule has 0 spiro atoms. The minimum absolute atomic E-state index is 0.0519. The molecule has 0 aliphatic heterocycles. The van der Waals surface area contributed by atoms with Crippen molar-refractivity contribution >= 4 is 0 Å². The lowest BCUT2D eigenvalue weighted by molar-refractivity contribution is -0.660. The van der Waals surface area contributed by atoms with Crippen molar-refractivity contribution < 1.29 is 44.8 Å². The molecule has 0 unspecified atom stereocenters. The van der Waals surface area contributed by atoms with Gasteiger partial charge in [-0.25, -0.2) is 22.8 Å². The Labute approximate surface area is 756 Å². The quantitative estimate of drug-likeness (QED) is 0.109. The van der Waals surface area contributed by atoms with Crippen LogP contribution in [0.2, 0.25) is 0 Å². The zero-order valence-corrected chi connectivity index (χ0v) is 76.3. The molecule has 5 heterocycles. The van der Waals surface area contributed by atoms with Crippen LogP contribution in [0.5, 0.6) is 0 Å². The van der Waals surface area contributed by atoms with Gasteiger partial charge in [0.25, 0.3) is 0 Å². The molecule has 15 aromatic rings. The van der Waals surface area contributed by atoms with Crippen LogP contribution >= 0.6 is 0 Å². The Kier molecular flexibility index (Phi) is 22.7. The lowest BCUT2D eigenvalue weighted by atomic mass is 9.86. The average Bonchev–Trinajstić information content (AvgIpc) is 0.744. The Morgan fingerprint density at radius 1 is 0.221 bits per heavy atom. The summed E-state index contributed by atoms with van der Waals surface area (Å²) in [4.78, 5) is 0. The highest BCUT2D eigenvalue weighted by Crippen LogP contribution is 2.38. The number of aromatic nitrogens is 5. The van der Waals surface area contributed by atoms with Crippen LogP contribution in [0.15, 0.2) is 280 Å². The molecule has 122 heavy (non-hydrogen) atoms. The minimum Gasteiger partial charge on any atom is -0.201 e. The second-order valence-electron chi connectivity index (χ2n) is 35.4. The van der Waals surface area contributed by atoms with Crippen molar-refractivity contribution in [1.29, 1.82) is 0 Å². The summed E-state index contributed by atoms with van der Waals surface area (Å²) < 4.78 is 140. The van der Waals surface area contributed by atoms with Crippen molar-refractivity contribution in [2.24, 2.45) is 46.1 Å².